The van der Waals surface area contributed by atoms with E-state index in [0.29, 0.717) is 0 Å². The molecule has 6 heteroatoms. The van der Waals surface area contributed by atoms with Gasteiger partial charge >= 0.3 is 0 Å². The van der Waals surface area contributed by atoms with E-state index < -0.39 is 5.39 Å². The van der Waals surface area contributed by atoms with Gasteiger partial charge in [0.15, 0.2) is 0 Å². The van der Waals surface area contributed by atoms with Crippen molar-refractivity contribution in [2.75, 3.05) is 14.1 Å². The highest BCUT2D eigenvalue weighted by atomic mass is 17.2. The van der Waals surface area contributed by atoms with Crippen molar-refractivity contribution in [2.45, 2.75) is 0 Å². The Morgan fingerprint density at radius 1 is 1.25 bits per heavy atom. The fraction of sp³-hybridized carbons (Fsp3) is 1.00. The molecule has 0 aliphatic rings. The topological polar surface area (TPSA) is 70.0 Å². The maximum atomic E-state index is 10.1. The molecule has 0 saturated heterocycles. The van der Waals surface area contributed by atoms with Crippen LogP contribution in [0.2, 0.25) is 0 Å². The lowest BCUT2D eigenvalue weighted by molar-refractivity contribution is -1.22. The number of hydrogen-bond donors (Lipinski definition) is 3. The molecule has 0 bridgehead atoms. The average molecular weight is 123 g/mol. The summed E-state index contributed by atoms with van der Waals surface area (Å²) in [5.74, 6) is 0. The lowest BCUT2D eigenvalue weighted by Crippen LogP contribution is -3.07. The van der Waals surface area contributed by atoms with Crippen LogP contribution in [-0.2, 0) is 9.88 Å². The quantitative estimate of drug-likeness (QED) is 0.360. The lowest BCUT2D eigenvalue weighted by Gasteiger charge is -2.12. The summed E-state index contributed by atoms with van der Waals surface area (Å²) in [5, 5.41) is 9.26. The molecule has 6 nitrogen and oxygen atoms in total. The first-order valence-corrected chi connectivity index (χ1v) is 2.02. The first-order valence-electron chi connectivity index (χ1n) is 2.02. The Balaban J connectivity index is 2.92. The fourth-order valence-electron chi connectivity index (χ4n) is 0.188. The number of nitrogens with one attached hydrogen (secondary N) is 3. The molecule has 0 aliphatic carbocycles. The van der Waals surface area contributed by atoms with Crippen molar-refractivity contribution in [3.05, 3.63) is 5.21 Å². The third kappa shape index (κ3) is 3.93. The van der Waals surface area contributed by atoms with E-state index in [-0.39, 0.29) is 0 Å². The largest absolute Gasteiger partial charge is 0.563 e. The summed E-state index contributed by atoms with van der Waals surface area (Å²) in [4.78, 5) is 8.22. The van der Waals surface area contributed by atoms with Gasteiger partial charge in [-0.15, -0.1) is 11.0 Å². The Hall–Kier alpha value is -0.240. The second kappa shape index (κ2) is 4.91. The number of hydroxylamine groups is 2. The molecule has 0 amide bonds. The van der Waals surface area contributed by atoms with Gasteiger partial charge in [0, 0.05) is 14.1 Å². The summed E-state index contributed by atoms with van der Waals surface area (Å²) >= 11 is 0. The van der Waals surface area contributed by atoms with Crippen molar-refractivity contribution in [2.24, 2.45) is 0 Å². The molecule has 50 valence electrons. The standard InChI is InChI=1S/C2H9N3O3/c1-3-7-5(6)8-4-2/h3-5H,1-2H3. The summed E-state index contributed by atoms with van der Waals surface area (Å²) in [7, 11) is 2.91. The minimum Gasteiger partial charge on any atom is -0.563 e. The predicted molar refractivity (Wildman–Crippen MR) is 24.6 cm³/mol. The van der Waals surface area contributed by atoms with E-state index in [2.05, 4.69) is 20.8 Å². The van der Waals surface area contributed by atoms with Crippen molar-refractivity contribution in [3.63, 3.8) is 0 Å². The normalized spacial score (nSPS) is 10.5. The molecule has 0 unspecified atom stereocenters. The van der Waals surface area contributed by atoms with Crippen LogP contribution in [0.15, 0.2) is 0 Å². The van der Waals surface area contributed by atoms with Gasteiger partial charge in [0.25, 0.3) is 0 Å². The molecule has 0 saturated carbocycles. The van der Waals surface area contributed by atoms with Gasteiger partial charge in [-0.1, -0.05) is 9.88 Å². The van der Waals surface area contributed by atoms with E-state index in [1.165, 1.54) is 14.1 Å². The second-order valence-corrected chi connectivity index (χ2v) is 0.862. The first kappa shape index (κ1) is 7.76. The van der Waals surface area contributed by atoms with E-state index in [1.54, 1.807) is 0 Å². The molecule has 0 aliphatic heterocycles. The van der Waals surface area contributed by atoms with Gasteiger partial charge in [-0.25, -0.2) is 0 Å². The molecule has 0 spiro atoms. The van der Waals surface area contributed by atoms with E-state index in [0.717, 1.165) is 0 Å². The van der Waals surface area contributed by atoms with Crippen molar-refractivity contribution in [1.82, 2.24) is 11.0 Å². The zero-order valence-electron chi connectivity index (χ0n) is 4.72. The monoisotopic (exact) mass is 123 g/mol. The van der Waals surface area contributed by atoms with Gasteiger partial charge < -0.3 is 5.21 Å². The van der Waals surface area contributed by atoms with Crippen molar-refractivity contribution in [3.8, 4) is 0 Å². The third-order valence-electron chi connectivity index (χ3n) is 0.371. The minimum absolute atomic E-state index is 0.810. The molecule has 0 heterocycles. The molecular weight excluding hydrogens is 114 g/mol. The second-order valence-electron chi connectivity index (χ2n) is 0.862. The van der Waals surface area contributed by atoms with Gasteiger partial charge in [-0.2, -0.15) is 0 Å². The molecule has 0 fully saturated rings. The van der Waals surface area contributed by atoms with Crippen LogP contribution in [0.1, 0.15) is 0 Å². The van der Waals surface area contributed by atoms with E-state index in [1.807, 2.05) is 0 Å². The van der Waals surface area contributed by atoms with Gasteiger partial charge in [-0.3, -0.25) is 0 Å². The maximum absolute atomic E-state index is 10.1. The zero-order chi connectivity index (χ0) is 6.41. The van der Waals surface area contributed by atoms with Gasteiger partial charge in [0.1, 0.15) is 0 Å². The molecule has 0 aromatic heterocycles. The van der Waals surface area contributed by atoms with E-state index in [9.17, 15) is 5.21 Å². The summed E-state index contributed by atoms with van der Waals surface area (Å²) < 4.78 is 0. The van der Waals surface area contributed by atoms with Gasteiger partial charge in [0.2, 0.25) is 0 Å². The highest BCUT2D eigenvalue weighted by Crippen LogP contribution is 1.39. The number of hydrogen-bond acceptors (Lipinski definition) is 5. The lowest BCUT2D eigenvalue weighted by atomic mass is 11.6. The molecule has 0 aromatic rings. The van der Waals surface area contributed by atoms with Crippen LogP contribution in [0.3, 0.4) is 0 Å². The van der Waals surface area contributed by atoms with E-state index >= 15 is 0 Å². The SMILES string of the molecule is CNO[NH+]([O-])ONC. The first-order chi connectivity index (χ1) is 3.81. The summed E-state index contributed by atoms with van der Waals surface area (Å²) in [6.45, 7) is 0. The molecule has 0 rings (SSSR count). The highest BCUT2D eigenvalue weighted by Gasteiger charge is 1.90. The Kier molecular flexibility index (Phi) is 4.76. The summed E-state index contributed by atoms with van der Waals surface area (Å²) in [6, 6.07) is 0. The van der Waals surface area contributed by atoms with Crippen molar-refractivity contribution in [1.29, 1.82) is 0 Å². The Bertz CT molecular complexity index is 45.8. The molecule has 0 atom stereocenters. The van der Waals surface area contributed by atoms with Crippen LogP contribution < -0.4 is 16.4 Å². The van der Waals surface area contributed by atoms with Crippen LogP contribution in [0.4, 0.5) is 0 Å². The number of rotatable bonds is 4. The molecule has 0 radical (unpaired) electrons. The van der Waals surface area contributed by atoms with Crippen LogP contribution in [0.5, 0.6) is 0 Å². The van der Waals surface area contributed by atoms with E-state index in [4.69, 9.17) is 0 Å². The maximum Gasteiger partial charge on any atom is 0.0154 e. The Labute approximate surface area is 46.8 Å². The average Bonchev–Trinajstić information content (AvgIpc) is 1.68. The van der Waals surface area contributed by atoms with Gasteiger partial charge in [-0.05, 0) is 5.39 Å². The molecular formula is C2H9N3O3. The fourth-order valence-corrected chi connectivity index (χ4v) is 0.188. The third-order valence-corrected chi connectivity index (χ3v) is 0.371. The van der Waals surface area contributed by atoms with Crippen molar-refractivity contribution >= 4 is 0 Å². The zero-order valence-corrected chi connectivity index (χ0v) is 4.72. The number of quaternary nitrogens is 1. The Morgan fingerprint density at radius 3 is 1.88 bits per heavy atom. The van der Waals surface area contributed by atoms with Crippen LogP contribution in [-0.4, -0.2) is 14.1 Å². The van der Waals surface area contributed by atoms with Crippen LogP contribution >= 0.6 is 0 Å². The van der Waals surface area contributed by atoms with Crippen LogP contribution in [0.25, 0.3) is 0 Å². The summed E-state index contributed by atoms with van der Waals surface area (Å²) in [5.41, 5.74) is 4.28. The highest BCUT2D eigenvalue weighted by molar-refractivity contribution is 3.82. The smallest absolute Gasteiger partial charge is 0.0154 e. The van der Waals surface area contributed by atoms with Crippen molar-refractivity contribution < 1.29 is 15.3 Å². The van der Waals surface area contributed by atoms with Gasteiger partial charge in [0.05, 0.1) is 0 Å². The predicted octanol–water partition coefficient (Wildman–Crippen LogP) is -2.50. The molecule has 8 heavy (non-hydrogen) atoms. The Morgan fingerprint density at radius 2 is 1.62 bits per heavy atom. The summed E-state index contributed by atoms with van der Waals surface area (Å²) in [6.07, 6.45) is 0. The van der Waals surface area contributed by atoms with Crippen LogP contribution in [0, 0.1) is 5.21 Å². The molecule has 3 N–H and O–H groups in total. The minimum atomic E-state index is -0.810. The molecule has 0 aromatic carbocycles.